The van der Waals surface area contributed by atoms with Gasteiger partial charge >= 0.3 is 0 Å². The van der Waals surface area contributed by atoms with Crippen LogP contribution >= 0.6 is 0 Å². The van der Waals surface area contributed by atoms with Crippen LogP contribution in [0.4, 0.5) is 0 Å². The lowest BCUT2D eigenvalue weighted by Crippen LogP contribution is -2.69. The summed E-state index contributed by atoms with van der Waals surface area (Å²) < 4.78 is 0. The van der Waals surface area contributed by atoms with Crippen LogP contribution in [0.15, 0.2) is 12.2 Å². The first-order valence-electron chi connectivity index (χ1n) is 21.5. The molecule has 0 bridgehead atoms. The van der Waals surface area contributed by atoms with Crippen LogP contribution < -0.4 is 0 Å². The summed E-state index contributed by atoms with van der Waals surface area (Å²) in [6.45, 7) is 24.4. The highest BCUT2D eigenvalue weighted by Gasteiger charge is 2.72. The third kappa shape index (κ3) is 6.71. The molecule has 0 heterocycles. The fourth-order valence-electron chi connectivity index (χ4n) is 14.4. The zero-order valence-corrected chi connectivity index (χ0v) is 33.4. The Kier molecular flexibility index (Phi) is 12.2. The van der Waals surface area contributed by atoms with E-state index in [0.717, 1.165) is 24.7 Å². The molecule has 0 aromatic carbocycles. The van der Waals surface area contributed by atoms with E-state index in [9.17, 15) is 9.90 Å². The van der Waals surface area contributed by atoms with E-state index in [1.807, 2.05) is 0 Å². The second kappa shape index (κ2) is 15.2. The van der Waals surface area contributed by atoms with Gasteiger partial charge < -0.3 is 5.11 Å². The quantitative estimate of drug-likeness (QED) is 0.132. The van der Waals surface area contributed by atoms with Crippen LogP contribution in [0.5, 0.6) is 0 Å². The number of Topliss-reactive ketones (excluding diaryl/α,β-unsaturated/α-hetero) is 1. The molecule has 0 aromatic rings. The highest BCUT2D eigenvalue weighted by molar-refractivity contribution is 5.82. The van der Waals surface area contributed by atoms with Crippen LogP contribution in [0.2, 0.25) is 0 Å². The molecular formula is C46H80O2. The van der Waals surface area contributed by atoms with Crippen LogP contribution in [0.25, 0.3) is 0 Å². The Balaban J connectivity index is 1.24. The number of hydrogen-bond donors (Lipinski definition) is 1. The molecule has 5 saturated carbocycles. The molecule has 1 N–H and O–H groups in total. The molecule has 11 atom stereocenters. The first kappa shape index (κ1) is 38.6. The fourth-order valence-corrected chi connectivity index (χ4v) is 14.4. The number of rotatable bonds is 16. The molecule has 5 fully saturated rings. The number of unbranched alkanes of at least 4 members (excludes halogenated alkanes) is 12. The molecule has 5 aliphatic rings. The summed E-state index contributed by atoms with van der Waals surface area (Å²) in [6.07, 6.45) is 28.9. The molecule has 48 heavy (non-hydrogen) atoms. The molecule has 0 spiro atoms. The average molecular weight is 665 g/mol. The van der Waals surface area contributed by atoms with Crippen molar-refractivity contribution in [2.75, 3.05) is 0 Å². The molecular weight excluding hydrogens is 585 g/mol. The molecule has 5 aliphatic carbocycles. The number of aliphatic hydroxyl groups is 1. The van der Waals surface area contributed by atoms with Gasteiger partial charge in [-0.15, -0.1) is 0 Å². The third-order valence-corrected chi connectivity index (χ3v) is 17.5. The molecule has 276 valence electrons. The summed E-state index contributed by atoms with van der Waals surface area (Å²) in [5, 5.41) is 11.6. The van der Waals surface area contributed by atoms with Gasteiger partial charge in [0.25, 0.3) is 0 Å². The first-order valence-corrected chi connectivity index (χ1v) is 21.5. The summed E-state index contributed by atoms with van der Waals surface area (Å²) >= 11 is 0. The van der Waals surface area contributed by atoms with E-state index >= 15 is 0 Å². The van der Waals surface area contributed by atoms with Crippen molar-refractivity contribution in [1.29, 1.82) is 0 Å². The SMILES string of the molecule is C=C(C)[C@@H]1CC[C@]2(C)CC[C@]3(C)[C@H](CC[C@@H]4[C@@]5(C)C(C(=O)CCCCCCCCCCCCCCC)C[C@H](O)C(C)(C)[C@@H]5CC[C@]43C)[C@@H]12. The zero-order chi connectivity index (χ0) is 35.0. The number of hydrogen-bond acceptors (Lipinski definition) is 2. The van der Waals surface area contributed by atoms with Gasteiger partial charge in [-0.1, -0.05) is 138 Å². The van der Waals surface area contributed by atoms with Crippen molar-refractivity contribution in [2.24, 2.45) is 62.6 Å². The maximum atomic E-state index is 14.4. The lowest BCUT2D eigenvalue weighted by molar-refractivity contribution is -0.260. The lowest BCUT2D eigenvalue weighted by atomic mass is 9.31. The molecule has 0 amide bonds. The molecule has 0 saturated heterocycles. The van der Waals surface area contributed by atoms with Crippen LogP contribution in [0, 0.1) is 62.6 Å². The molecule has 1 unspecified atom stereocenters. The van der Waals surface area contributed by atoms with E-state index in [1.54, 1.807) is 0 Å². The van der Waals surface area contributed by atoms with Crippen molar-refractivity contribution >= 4 is 5.78 Å². The molecule has 2 nitrogen and oxygen atoms in total. The van der Waals surface area contributed by atoms with Gasteiger partial charge in [-0.25, -0.2) is 0 Å². The maximum Gasteiger partial charge on any atom is 0.136 e. The van der Waals surface area contributed by atoms with Crippen molar-refractivity contribution in [3.05, 3.63) is 12.2 Å². The number of aliphatic hydroxyl groups excluding tert-OH is 1. The molecule has 0 aromatic heterocycles. The van der Waals surface area contributed by atoms with Gasteiger partial charge in [0, 0.05) is 12.3 Å². The van der Waals surface area contributed by atoms with E-state index in [-0.39, 0.29) is 28.3 Å². The lowest BCUT2D eigenvalue weighted by Gasteiger charge is -2.74. The van der Waals surface area contributed by atoms with Gasteiger partial charge in [-0.05, 0) is 128 Å². The molecule has 0 aliphatic heterocycles. The van der Waals surface area contributed by atoms with Crippen molar-refractivity contribution in [3.8, 4) is 0 Å². The number of fused-ring (bicyclic) bond motifs is 7. The Morgan fingerprint density at radius 1 is 0.688 bits per heavy atom. The van der Waals surface area contributed by atoms with E-state index in [2.05, 4.69) is 62.0 Å². The fraction of sp³-hybridized carbons (Fsp3) is 0.935. The van der Waals surface area contributed by atoms with Gasteiger partial charge in [0.15, 0.2) is 0 Å². The van der Waals surface area contributed by atoms with Crippen LogP contribution in [-0.2, 0) is 4.79 Å². The van der Waals surface area contributed by atoms with Crippen molar-refractivity contribution in [1.82, 2.24) is 0 Å². The van der Waals surface area contributed by atoms with Gasteiger partial charge in [-0.3, -0.25) is 4.79 Å². The van der Waals surface area contributed by atoms with Gasteiger partial charge in [0.2, 0.25) is 0 Å². The Morgan fingerprint density at radius 2 is 1.27 bits per heavy atom. The number of ketones is 1. The van der Waals surface area contributed by atoms with Gasteiger partial charge in [-0.2, -0.15) is 0 Å². The van der Waals surface area contributed by atoms with Gasteiger partial charge in [0.1, 0.15) is 5.78 Å². The monoisotopic (exact) mass is 665 g/mol. The second-order valence-electron chi connectivity index (χ2n) is 20.3. The molecule has 0 radical (unpaired) electrons. The highest BCUT2D eigenvalue weighted by Crippen LogP contribution is 2.78. The summed E-state index contributed by atoms with van der Waals surface area (Å²) in [6, 6.07) is 0. The van der Waals surface area contributed by atoms with Gasteiger partial charge in [0.05, 0.1) is 6.10 Å². The Hall–Kier alpha value is -0.630. The van der Waals surface area contributed by atoms with Crippen LogP contribution in [0.3, 0.4) is 0 Å². The summed E-state index contributed by atoms with van der Waals surface area (Å²) in [4.78, 5) is 14.4. The topological polar surface area (TPSA) is 37.3 Å². The normalized spacial score (nSPS) is 43.1. The number of carbonyl (C=O) groups excluding carboxylic acids is 1. The number of carbonyl (C=O) groups is 1. The van der Waals surface area contributed by atoms with Crippen LogP contribution in [-0.4, -0.2) is 17.0 Å². The minimum Gasteiger partial charge on any atom is -0.393 e. The Labute approximate surface area is 298 Å². The minimum atomic E-state index is -0.377. The van der Waals surface area contributed by atoms with E-state index in [1.165, 1.54) is 134 Å². The van der Waals surface area contributed by atoms with Crippen molar-refractivity contribution < 1.29 is 9.90 Å². The maximum absolute atomic E-state index is 14.4. The summed E-state index contributed by atoms with van der Waals surface area (Å²) in [5.74, 6) is 3.70. The predicted octanol–water partition coefficient (Wildman–Crippen LogP) is 13.3. The zero-order valence-electron chi connectivity index (χ0n) is 33.4. The van der Waals surface area contributed by atoms with Crippen molar-refractivity contribution in [3.63, 3.8) is 0 Å². The highest BCUT2D eigenvalue weighted by atomic mass is 16.3. The molecule has 2 heteroatoms. The van der Waals surface area contributed by atoms with Crippen molar-refractivity contribution in [2.45, 2.75) is 209 Å². The summed E-state index contributed by atoms with van der Waals surface area (Å²) in [7, 11) is 0. The summed E-state index contributed by atoms with van der Waals surface area (Å²) in [5.41, 5.74) is 2.30. The smallest absolute Gasteiger partial charge is 0.136 e. The average Bonchev–Trinajstić information content (AvgIpc) is 3.39. The van der Waals surface area contributed by atoms with E-state index in [0.29, 0.717) is 40.8 Å². The minimum absolute atomic E-state index is 0.0103. The number of allylic oxidation sites excluding steroid dienone is 1. The third-order valence-electron chi connectivity index (χ3n) is 17.5. The van der Waals surface area contributed by atoms with E-state index in [4.69, 9.17) is 0 Å². The molecule has 5 rings (SSSR count). The van der Waals surface area contributed by atoms with Crippen LogP contribution in [0.1, 0.15) is 203 Å². The largest absolute Gasteiger partial charge is 0.393 e. The Bertz CT molecular complexity index is 1110. The standard InChI is InChI=1S/C46H80O2/c1-10-11-12-13-14-15-16-17-18-19-20-21-22-23-37(47)36-32-40(48)42(4,5)38-27-29-45(8)39(46(36,38)9)25-24-35-41-34(33(2)3)26-28-43(41,6)30-31-44(35,45)7/h34-36,38-41,48H,2,10-32H2,1,3-9H3/t34-,35+,36?,38-,39-,40-,41+,43+,44+,45+,46-/m0/s1. The van der Waals surface area contributed by atoms with E-state index < -0.39 is 0 Å². The second-order valence-corrected chi connectivity index (χ2v) is 20.3. The Morgan fingerprint density at radius 3 is 1.85 bits per heavy atom. The predicted molar refractivity (Wildman–Crippen MR) is 205 cm³/mol. The first-order chi connectivity index (χ1) is 22.7.